The summed E-state index contributed by atoms with van der Waals surface area (Å²) in [5.74, 6) is -0.809. The maximum Gasteiger partial charge on any atom is 0.310 e. The van der Waals surface area contributed by atoms with Crippen LogP contribution in [0.3, 0.4) is 0 Å². The molecule has 2 aliphatic rings. The molecule has 0 aliphatic heterocycles. The van der Waals surface area contributed by atoms with Crippen LogP contribution in [0.4, 0.5) is 0 Å². The van der Waals surface area contributed by atoms with Crippen LogP contribution in [-0.4, -0.2) is 25.2 Å². The third-order valence-corrected chi connectivity index (χ3v) is 3.09. The molecule has 4 atom stereocenters. The van der Waals surface area contributed by atoms with E-state index < -0.39 is 0 Å². The van der Waals surface area contributed by atoms with E-state index >= 15 is 0 Å². The summed E-state index contributed by atoms with van der Waals surface area (Å²) in [5, 5.41) is 16.7. The summed E-state index contributed by atoms with van der Waals surface area (Å²) in [6.07, 6.45) is 1.38. The summed E-state index contributed by atoms with van der Waals surface area (Å²) >= 11 is 0. The summed E-state index contributed by atoms with van der Waals surface area (Å²) in [5.41, 5.74) is 0. The van der Waals surface area contributed by atoms with Crippen molar-refractivity contribution < 1.29 is 19.1 Å². The molecule has 2 aliphatic carbocycles. The topological polar surface area (TPSA) is 100 Å². The Labute approximate surface area is 118 Å². The third kappa shape index (κ3) is 4.55. The van der Waals surface area contributed by atoms with E-state index in [-0.39, 0.29) is 35.6 Å². The summed E-state index contributed by atoms with van der Waals surface area (Å²) in [4.78, 5) is 21.6. The van der Waals surface area contributed by atoms with E-state index in [1.165, 1.54) is 0 Å². The summed E-state index contributed by atoms with van der Waals surface area (Å²) in [7, 11) is 0. The van der Waals surface area contributed by atoms with Crippen LogP contribution in [0.1, 0.15) is 26.7 Å². The highest BCUT2D eigenvalue weighted by molar-refractivity contribution is 5.76. The lowest BCUT2D eigenvalue weighted by Crippen LogP contribution is -2.06. The zero-order valence-electron chi connectivity index (χ0n) is 11.7. The van der Waals surface area contributed by atoms with Gasteiger partial charge in [0.05, 0.1) is 49.0 Å². The van der Waals surface area contributed by atoms with E-state index in [0.29, 0.717) is 26.1 Å². The van der Waals surface area contributed by atoms with Gasteiger partial charge in [-0.2, -0.15) is 10.5 Å². The molecule has 0 spiro atoms. The quantitative estimate of drug-likeness (QED) is 0.721. The molecule has 2 rings (SSSR count). The molecular formula is C14H18N2O4. The van der Waals surface area contributed by atoms with Gasteiger partial charge in [-0.15, -0.1) is 0 Å². The number of hydrogen-bond donors (Lipinski definition) is 0. The molecule has 0 saturated heterocycles. The van der Waals surface area contributed by atoms with Crippen LogP contribution >= 0.6 is 0 Å². The minimum absolute atomic E-state index is 0.0703. The fourth-order valence-corrected chi connectivity index (χ4v) is 1.69. The van der Waals surface area contributed by atoms with Crippen molar-refractivity contribution in [1.29, 1.82) is 10.5 Å². The number of hydrogen-bond acceptors (Lipinski definition) is 6. The average molecular weight is 278 g/mol. The molecule has 2 saturated carbocycles. The Hall–Kier alpha value is -2.08. The van der Waals surface area contributed by atoms with Gasteiger partial charge < -0.3 is 9.47 Å². The molecule has 0 radical (unpaired) electrons. The maximum atomic E-state index is 10.8. The normalized spacial score (nSPS) is 28.8. The Morgan fingerprint density at radius 3 is 1.50 bits per heavy atom. The second-order valence-electron chi connectivity index (χ2n) is 4.66. The molecule has 0 aromatic carbocycles. The summed E-state index contributed by atoms with van der Waals surface area (Å²) in [6, 6.07) is 4.05. The first kappa shape index (κ1) is 16.0. The van der Waals surface area contributed by atoms with Gasteiger partial charge >= 0.3 is 11.9 Å². The van der Waals surface area contributed by atoms with E-state index in [1.54, 1.807) is 13.8 Å². The van der Waals surface area contributed by atoms with Crippen LogP contribution in [0.2, 0.25) is 0 Å². The first-order chi connectivity index (χ1) is 9.58. The Kier molecular flexibility index (Phi) is 5.99. The summed E-state index contributed by atoms with van der Waals surface area (Å²) in [6.45, 7) is 4.35. The molecule has 20 heavy (non-hydrogen) atoms. The van der Waals surface area contributed by atoms with Crippen molar-refractivity contribution in [1.82, 2.24) is 0 Å². The molecule has 0 aromatic rings. The predicted molar refractivity (Wildman–Crippen MR) is 67.7 cm³/mol. The van der Waals surface area contributed by atoms with E-state index in [9.17, 15) is 9.59 Å². The Bertz CT molecular complexity index is 407. The molecule has 0 aromatic heterocycles. The van der Waals surface area contributed by atoms with Crippen LogP contribution in [0.15, 0.2) is 0 Å². The van der Waals surface area contributed by atoms with Crippen LogP contribution < -0.4 is 0 Å². The van der Waals surface area contributed by atoms with Crippen molar-refractivity contribution >= 4 is 11.9 Å². The number of carbonyl (C=O) groups is 2. The van der Waals surface area contributed by atoms with Gasteiger partial charge in [0.1, 0.15) is 0 Å². The van der Waals surface area contributed by atoms with Crippen LogP contribution in [-0.2, 0) is 19.1 Å². The molecule has 108 valence electrons. The first-order valence-electron chi connectivity index (χ1n) is 6.71. The van der Waals surface area contributed by atoms with Crippen molar-refractivity contribution in [2.45, 2.75) is 26.7 Å². The Morgan fingerprint density at radius 2 is 1.30 bits per heavy atom. The molecule has 0 amide bonds. The zero-order chi connectivity index (χ0) is 15.1. The van der Waals surface area contributed by atoms with E-state index in [1.807, 2.05) is 12.1 Å². The highest BCUT2D eigenvalue weighted by Crippen LogP contribution is 2.39. The van der Waals surface area contributed by atoms with Gasteiger partial charge in [-0.1, -0.05) is 0 Å². The molecule has 0 unspecified atom stereocenters. The van der Waals surface area contributed by atoms with Gasteiger partial charge in [-0.25, -0.2) is 0 Å². The fourth-order valence-electron chi connectivity index (χ4n) is 1.69. The minimum Gasteiger partial charge on any atom is -0.466 e. The van der Waals surface area contributed by atoms with Crippen LogP contribution in [0.5, 0.6) is 0 Å². The average Bonchev–Trinajstić information content (AvgIpc) is 3.32. The lowest BCUT2D eigenvalue weighted by atomic mass is 10.3. The van der Waals surface area contributed by atoms with E-state index in [2.05, 4.69) is 0 Å². The van der Waals surface area contributed by atoms with Crippen molar-refractivity contribution in [3.63, 3.8) is 0 Å². The highest BCUT2D eigenvalue weighted by Gasteiger charge is 2.45. The van der Waals surface area contributed by atoms with Gasteiger partial charge in [-0.05, 0) is 26.7 Å². The van der Waals surface area contributed by atoms with Crippen molar-refractivity contribution in [2.75, 3.05) is 13.2 Å². The molecule has 2 fully saturated rings. The highest BCUT2D eigenvalue weighted by atomic mass is 16.5. The zero-order valence-corrected chi connectivity index (χ0v) is 11.7. The summed E-state index contributed by atoms with van der Waals surface area (Å²) < 4.78 is 9.42. The standard InChI is InChI=1S/2C7H9NO2/c2*1-2-10-7(9)6-3-5(6)4-8/h2*5-6H,2-3H2,1H3/t2*5-,6+/m10/s1. The lowest BCUT2D eigenvalue weighted by molar-refractivity contribution is -0.145. The largest absolute Gasteiger partial charge is 0.466 e. The number of nitrogens with zero attached hydrogens (tertiary/aromatic N) is 2. The number of carbonyl (C=O) groups excluding carboxylic acids is 2. The third-order valence-electron chi connectivity index (χ3n) is 3.09. The molecule has 6 nitrogen and oxygen atoms in total. The van der Waals surface area contributed by atoms with Gasteiger partial charge in [0.25, 0.3) is 0 Å². The first-order valence-corrected chi connectivity index (χ1v) is 6.71. The monoisotopic (exact) mass is 278 g/mol. The van der Waals surface area contributed by atoms with E-state index in [4.69, 9.17) is 20.0 Å². The van der Waals surface area contributed by atoms with Crippen molar-refractivity contribution in [2.24, 2.45) is 23.7 Å². The number of rotatable bonds is 4. The number of nitriles is 2. The van der Waals surface area contributed by atoms with Gasteiger partial charge in [0, 0.05) is 0 Å². The molecule has 0 heterocycles. The Balaban J connectivity index is 0.000000200. The van der Waals surface area contributed by atoms with Gasteiger partial charge in [0.15, 0.2) is 0 Å². The van der Waals surface area contributed by atoms with Crippen molar-refractivity contribution in [3.05, 3.63) is 0 Å². The SMILES string of the molecule is CCOC(=O)[C@@H]1C[C@H]1C#N.CCOC(=O)[C@H]1C[C@@H]1C#N. The van der Waals surface area contributed by atoms with Gasteiger partial charge in [0.2, 0.25) is 0 Å². The second-order valence-corrected chi connectivity index (χ2v) is 4.66. The predicted octanol–water partition coefficient (Wildman–Crippen LogP) is 1.42. The number of ether oxygens (including phenoxy) is 2. The molecule has 0 N–H and O–H groups in total. The Morgan fingerprint density at radius 1 is 0.950 bits per heavy atom. The molecular weight excluding hydrogens is 260 g/mol. The van der Waals surface area contributed by atoms with Crippen molar-refractivity contribution in [3.8, 4) is 12.1 Å². The molecule has 0 bridgehead atoms. The smallest absolute Gasteiger partial charge is 0.310 e. The van der Waals surface area contributed by atoms with Crippen LogP contribution in [0.25, 0.3) is 0 Å². The van der Waals surface area contributed by atoms with Gasteiger partial charge in [-0.3, -0.25) is 9.59 Å². The lowest BCUT2D eigenvalue weighted by Gasteiger charge is -1.96. The van der Waals surface area contributed by atoms with Crippen LogP contribution in [0, 0.1) is 46.3 Å². The second kappa shape index (κ2) is 7.49. The minimum atomic E-state index is -0.214. The molecule has 6 heteroatoms. The maximum absolute atomic E-state index is 10.8. The number of esters is 2. The fraction of sp³-hybridized carbons (Fsp3) is 0.714. The van der Waals surface area contributed by atoms with E-state index in [0.717, 1.165) is 0 Å².